The number of nitrogens with one attached hydrogen (secondary N) is 1. The summed E-state index contributed by atoms with van der Waals surface area (Å²) < 4.78 is 0. The Morgan fingerprint density at radius 3 is 2.38 bits per heavy atom. The summed E-state index contributed by atoms with van der Waals surface area (Å²) in [6.45, 7) is 5.45. The zero-order valence-electron chi connectivity index (χ0n) is 13.2. The third-order valence-electron chi connectivity index (χ3n) is 3.63. The highest BCUT2D eigenvalue weighted by atomic mass is 16.4. The minimum absolute atomic E-state index is 0.202. The van der Waals surface area contributed by atoms with Crippen LogP contribution in [0.5, 0.6) is 0 Å². The molecule has 1 aliphatic heterocycles. The summed E-state index contributed by atoms with van der Waals surface area (Å²) in [5, 5.41) is 11.6. The summed E-state index contributed by atoms with van der Waals surface area (Å²) >= 11 is 0. The number of urea groups is 1. The molecule has 120 valence electrons. The van der Waals surface area contributed by atoms with E-state index >= 15 is 0 Å². The molecule has 1 heterocycles. The lowest BCUT2D eigenvalue weighted by Crippen LogP contribution is -2.59. The molecular formula is C14H25N3O4. The lowest BCUT2D eigenvalue weighted by Gasteiger charge is -2.42. The molecule has 0 aliphatic carbocycles. The second-order valence-corrected chi connectivity index (χ2v) is 6.25. The van der Waals surface area contributed by atoms with Crippen molar-refractivity contribution < 1.29 is 19.5 Å². The van der Waals surface area contributed by atoms with E-state index in [1.807, 2.05) is 0 Å². The van der Waals surface area contributed by atoms with Gasteiger partial charge in [-0.25, -0.2) is 4.79 Å². The second-order valence-electron chi connectivity index (χ2n) is 6.25. The van der Waals surface area contributed by atoms with E-state index in [2.05, 4.69) is 5.32 Å². The molecule has 1 saturated heterocycles. The predicted octanol–water partition coefficient (Wildman–Crippen LogP) is 0.892. The fourth-order valence-electron chi connectivity index (χ4n) is 2.48. The molecule has 0 radical (unpaired) electrons. The van der Waals surface area contributed by atoms with Crippen molar-refractivity contribution in [2.75, 3.05) is 20.1 Å². The van der Waals surface area contributed by atoms with Crippen LogP contribution < -0.4 is 5.32 Å². The minimum Gasteiger partial charge on any atom is -0.480 e. The molecule has 0 aromatic heterocycles. The Labute approximate surface area is 125 Å². The fourth-order valence-corrected chi connectivity index (χ4v) is 2.48. The van der Waals surface area contributed by atoms with E-state index in [9.17, 15) is 14.4 Å². The number of hydrogen-bond donors (Lipinski definition) is 2. The molecule has 3 amide bonds. The average molecular weight is 299 g/mol. The minimum atomic E-state index is -1.06. The standard InChI is InChI=1S/C14H25N3O4/c1-14(2,3)17(9-11(18)19)13(21)16-8-6-5-7-10(16)12(20)15-4/h10H,5-9H2,1-4H3,(H,15,20)(H,18,19). The van der Waals surface area contributed by atoms with E-state index < -0.39 is 23.6 Å². The second kappa shape index (κ2) is 6.78. The smallest absolute Gasteiger partial charge is 0.323 e. The van der Waals surface area contributed by atoms with Crippen LogP contribution >= 0.6 is 0 Å². The third kappa shape index (κ3) is 4.34. The van der Waals surface area contributed by atoms with Gasteiger partial charge in [0.1, 0.15) is 12.6 Å². The molecular weight excluding hydrogens is 274 g/mol. The topological polar surface area (TPSA) is 90.0 Å². The quantitative estimate of drug-likeness (QED) is 0.810. The average Bonchev–Trinajstić information content (AvgIpc) is 2.41. The largest absolute Gasteiger partial charge is 0.480 e. The number of likely N-dealkylation sites (N-methyl/N-ethyl adjacent to an activating group) is 1. The number of nitrogens with zero attached hydrogens (tertiary/aromatic N) is 2. The monoisotopic (exact) mass is 299 g/mol. The predicted molar refractivity (Wildman–Crippen MR) is 77.9 cm³/mol. The van der Waals surface area contributed by atoms with Crippen molar-refractivity contribution >= 4 is 17.9 Å². The lowest BCUT2D eigenvalue weighted by atomic mass is 10.0. The molecule has 7 heteroatoms. The van der Waals surface area contributed by atoms with Crippen molar-refractivity contribution in [3.8, 4) is 0 Å². The van der Waals surface area contributed by atoms with Crippen molar-refractivity contribution in [3.63, 3.8) is 0 Å². The van der Waals surface area contributed by atoms with Crippen molar-refractivity contribution in [1.82, 2.24) is 15.1 Å². The Morgan fingerprint density at radius 2 is 1.90 bits per heavy atom. The van der Waals surface area contributed by atoms with Gasteiger partial charge in [-0.15, -0.1) is 0 Å². The SMILES string of the molecule is CNC(=O)C1CCCCN1C(=O)N(CC(=O)O)C(C)(C)C. The highest BCUT2D eigenvalue weighted by molar-refractivity contribution is 5.88. The fraction of sp³-hybridized carbons (Fsp3) is 0.786. The maximum absolute atomic E-state index is 12.7. The van der Waals surface area contributed by atoms with Crippen molar-refractivity contribution in [2.24, 2.45) is 0 Å². The first-order valence-electron chi connectivity index (χ1n) is 7.20. The number of hydrogen-bond acceptors (Lipinski definition) is 3. The maximum Gasteiger partial charge on any atom is 0.323 e. The Balaban J connectivity index is 2.99. The lowest BCUT2D eigenvalue weighted by molar-refractivity contribution is -0.139. The van der Waals surface area contributed by atoms with E-state index in [4.69, 9.17) is 5.11 Å². The number of amides is 3. The molecule has 0 bridgehead atoms. The highest BCUT2D eigenvalue weighted by Gasteiger charge is 2.38. The summed E-state index contributed by atoms with van der Waals surface area (Å²) in [5.74, 6) is -1.26. The molecule has 0 spiro atoms. The van der Waals surface area contributed by atoms with Gasteiger partial charge in [0.2, 0.25) is 5.91 Å². The first kappa shape index (κ1) is 17.3. The third-order valence-corrected chi connectivity index (χ3v) is 3.63. The van der Waals surface area contributed by atoms with Crippen LogP contribution in [0.15, 0.2) is 0 Å². The van der Waals surface area contributed by atoms with Crippen LogP contribution in [-0.4, -0.2) is 64.5 Å². The number of carbonyl (C=O) groups is 3. The number of rotatable bonds is 3. The van der Waals surface area contributed by atoms with Crippen LogP contribution in [0, 0.1) is 0 Å². The Hall–Kier alpha value is -1.79. The first-order chi connectivity index (χ1) is 9.68. The normalized spacial score (nSPS) is 19.0. The van der Waals surface area contributed by atoms with E-state index in [0.717, 1.165) is 12.8 Å². The van der Waals surface area contributed by atoms with Gasteiger partial charge in [0.05, 0.1) is 0 Å². The van der Waals surface area contributed by atoms with Gasteiger partial charge >= 0.3 is 12.0 Å². The van der Waals surface area contributed by atoms with Crippen LogP contribution in [0.25, 0.3) is 0 Å². The molecule has 7 nitrogen and oxygen atoms in total. The van der Waals surface area contributed by atoms with Gasteiger partial charge in [-0.2, -0.15) is 0 Å². The number of likely N-dealkylation sites (tertiary alicyclic amines) is 1. The van der Waals surface area contributed by atoms with Gasteiger partial charge in [0.25, 0.3) is 0 Å². The number of aliphatic carboxylic acids is 1. The van der Waals surface area contributed by atoms with E-state index in [-0.39, 0.29) is 12.5 Å². The Bertz CT molecular complexity index is 417. The van der Waals surface area contributed by atoms with E-state index in [0.29, 0.717) is 13.0 Å². The molecule has 1 aliphatic rings. The van der Waals surface area contributed by atoms with Gasteiger partial charge in [0.15, 0.2) is 0 Å². The maximum atomic E-state index is 12.7. The van der Waals surface area contributed by atoms with Gasteiger partial charge < -0.3 is 20.2 Å². The number of piperidine rings is 1. The summed E-state index contributed by atoms with van der Waals surface area (Å²) in [6.07, 6.45) is 2.32. The Kier molecular flexibility index (Phi) is 5.57. The Morgan fingerprint density at radius 1 is 1.29 bits per heavy atom. The van der Waals surface area contributed by atoms with E-state index in [1.54, 1.807) is 27.8 Å². The van der Waals surface area contributed by atoms with Gasteiger partial charge in [-0.05, 0) is 40.0 Å². The van der Waals surface area contributed by atoms with Gasteiger partial charge in [-0.3, -0.25) is 9.59 Å². The van der Waals surface area contributed by atoms with Crippen molar-refractivity contribution in [1.29, 1.82) is 0 Å². The van der Waals surface area contributed by atoms with Crippen molar-refractivity contribution in [3.05, 3.63) is 0 Å². The molecule has 0 saturated carbocycles. The molecule has 1 fully saturated rings. The number of carboxylic acid groups (broad SMARTS) is 1. The van der Waals surface area contributed by atoms with Crippen LogP contribution in [0.1, 0.15) is 40.0 Å². The van der Waals surface area contributed by atoms with Crippen LogP contribution in [0.4, 0.5) is 4.79 Å². The molecule has 2 N–H and O–H groups in total. The van der Waals surface area contributed by atoms with Gasteiger partial charge in [-0.1, -0.05) is 0 Å². The summed E-state index contributed by atoms with van der Waals surface area (Å²) in [7, 11) is 1.54. The van der Waals surface area contributed by atoms with E-state index in [1.165, 1.54) is 9.80 Å². The molecule has 1 unspecified atom stereocenters. The molecule has 21 heavy (non-hydrogen) atoms. The molecule has 1 rings (SSSR count). The summed E-state index contributed by atoms with van der Waals surface area (Å²) in [5.41, 5.74) is -0.625. The first-order valence-corrected chi connectivity index (χ1v) is 7.20. The molecule has 1 atom stereocenters. The zero-order valence-corrected chi connectivity index (χ0v) is 13.2. The van der Waals surface area contributed by atoms with Crippen LogP contribution in [-0.2, 0) is 9.59 Å². The molecule has 0 aromatic carbocycles. The number of carbonyl (C=O) groups excluding carboxylic acids is 2. The molecule has 0 aromatic rings. The summed E-state index contributed by atoms with van der Waals surface area (Å²) in [4.78, 5) is 38.5. The van der Waals surface area contributed by atoms with Crippen molar-refractivity contribution in [2.45, 2.75) is 51.6 Å². The van der Waals surface area contributed by atoms with Crippen LogP contribution in [0.3, 0.4) is 0 Å². The zero-order chi connectivity index (χ0) is 16.2. The highest BCUT2D eigenvalue weighted by Crippen LogP contribution is 2.22. The summed E-state index contributed by atoms with van der Waals surface area (Å²) in [6, 6.07) is -0.909. The van der Waals surface area contributed by atoms with Crippen LogP contribution in [0.2, 0.25) is 0 Å². The van der Waals surface area contributed by atoms with Gasteiger partial charge in [0, 0.05) is 19.1 Å². The number of carboxylic acids is 1.